The molecule has 0 spiro atoms. The fraction of sp³-hybridized carbons (Fsp3) is 0.889. The Kier molecular flexibility index (Phi) is 3.23. The van der Waals surface area contributed by atoms with Gasteiger partial charge in [0.2, 0.25) is 0 Å². The molecule has 0 aromatic heterocycles. The summed E-state index contributed by atoms with van der Waals surface area (Å²) >= 11 is 0. The maximum absolute atomic E-state index is 10.9. The summed E-state index contributed by atoms with van der Waals surface area (Å²) in [6, 6.07) is 0.178. The minimum absolute atomic E-state index is 0.103. The standard InChI is InChI=1S/C9H17NO2/c1-6(11)9(12)7-3-2-4-8(10)5-7/h7-9,12H,2-5,10H2,1H3/t7-,8+,9+/m1/s1. The van der Waals surface area contributed by atoms with Gasteiger partial charge in [-0.1, -0.05) is 6.42 Å². The number of hydrogen-bond acceptors (Lipinski definition) is 3. The number of Topliss-reactive ketones (excluding diaryl/α,β-unsaturated/α-hetero) is 1. The van der Waals surface area contributed by atoms with Crippen LogP contribution in [0.3, 0.4) is 0 Å². The predicted molar refractivity (Wildman–Crippen MR) is 46.6 cm³/mol. The van der Waals surface area contributed by atoms with Crippen molar-refractivity contribution in [3.8, 4) is 0 Å². The molecule has 0 aliphatic heterocycles. The Labute approximate surface area is 72.9 Å². The van der Waals surface area contributed by atoms with E-state index in [9.17, 15) is 9.90 Å². The van der Waals surface area contributed by atoms with Crippen LogP contribution in [0.1, 0.15) is 32.6 Å². The number of nitrogens with two attached hydrogens (primary N) is 1. The van der Waals surface area contributed by atoms with Crippen molar-refractivity contribution >= 4 is 5.78 Å². The van der Waals surface area contributed by atoms with Gasteiger partial charge in [-0.2, -0.15) is 0 Å². The molecule has 0 bridgehead atoms. The molecule has 0 heterocycles. The van der Waals surface area contributed by atoms with E-state index < -0.39 is 6.10 Å². The van der Waals surface area contributed by atoms with E-state index in [-0.39, 0.29) is 17.7 Å². The SMILES string of the molecule is CC(=O)[C@H](O)[C@@H]1CCC[C@H](N)C1. The van der Waals surface area contributed by atoms with Crippen molar-refractivity contribution in [2.75, 3.05) is 0 Å². The number of hydrogen-bond donors (Lipinski definition) is 2. The molecular formula is C9H17NO2. The second-order valence-corrected chi connectivity index (χ2v) is 3.74. The van der Waals surface area contributed by atoms with Crippen LogP contribution in [0, 0.1) is 5.92 Å². The van der Waals surface area contributed by atoms with Crippen molar-refractivity contribution in [1.82, 2.24) is 0 Å². The van der Waals surface area contributed by atoms with Crippen LogP contribution < -0.4 is 5.73 Å². The fourth-order valence-electron chi connectivity index (χ4n) is 1.89. The van der Waals surface area contributed by atoms with Gasteiger partial charge in [-0.15, -0.1) is 0 Å². The number of ketones is 1. The van der Waals surface area contributed by atoms with Crippen LogP contribution >= 0.6 is 0 Å². The molecule has 70 valence electrons. The lowest BCUT2D eigenvalue weighted by molar-refractivity contribution is -0.128. The summed E-state index contributed by atoms with van der Waals surface area (Å²) in [4.78, 5) is 10.9. The zero-order valence-electron chi connectivity index (χ0n) is 7.49. The Balaban J connectivity index is 2.45. The van der Waals surface area contributed by atoms with Crippen molar-refractivity contribution in [2.45, 2.75) is 44.8 Å². The maximum Gasteiger partial charge on any atom is 0.158 e. The minimum atomic E-state index is -0.781. The van der Waals surface area contributed by atoms with Gasteiger partial charge in [0.15, 0.2) is 5.78 Å². The van der Waals surface area contributed by atoms with E-state index in [1.807, 2.05) is 0 Å². The largest absolute Gasteiger partial charge is 0.385 e. The van der Waals surface area contributed by atoms with Crippen LogP contribution in [0.5, 0.6) is 0 Å². The zero-order chi connectivity index (χ0) is 9.14. The minimum Gasteiger partial charge on any atom is -0.385 e. The first kappa shape index (κ1) is 9.68. The first-order valence-electron chi connectivity index (χ1n) is 4.55. The highest BCUT2D eigenvalue weighted by Gasteiger charge is 2.27. The van der Waals surface area contributed by atoms with Crippen LogP contribution in [0.15, 0.2) is 0 Å². The van der Waals surface area contributed by atoms with Crippen LogP contribution in [0.25, 0.3) is 0 Å². The lowest BCUT2D eigenvalue weighted by Gasteiger charge is -2.28. The summed E-state index contributed by atoms with van der Waals surface area (Å²) in [5, 5.41) is 9.46. The summed E-state index contributed by atoms with van der Waals surface area (Å²) in [5.74, 6) is -0.0275. The van der Waals surface area contributed by atoms with Crippen LogP contribution in [0.2, 0.25) is 0 Å². The van der Waals surface area contributed by atoms with Gasteiger partial charge in [-0.3, -0.25) is 4.79 Å². The predicted octanol–water partition coefficient (Wildman–Crippen LogP) is 0.454. The highest BCUT2D eigenvalue weighted by atomic mass is 16.3. The maximum atomic E-state index is 10.9. The molecule has 1 aliphatic carbocycles. The molecule has 3 atom stereocenters. The van der Waals surface area contributed by atoms with Gasteiger partial charge in [-0.05, 0) is 32.1 Å². The zero-order valence-corrected chi connectivity index (χ0v) is 7.49. The molecule has 1 fully saturated rings. The topological polar surface area (TPSA) is 63.3 Å². The summed E-state index contributed by atoms with van der Waals surface area (Å²) in [6.07, 6.45) is 3.02. The Morgan fingerprint density at radius 1 is 1.58 bits per heavy atom. The average Bonchev–Trinajstić information content (AvgIpc) is 2.03. The molecule has 1 saturated carbocycles. The molecule has 3 N–H and O–H groups in total. The van der Waals surface area contributed by atoms with Crippen LogP contribution in [-0.4, -0.2) is 23.0 Å². The van der Waals surface area contributed by atoms with E-state index in [0.29, 0.717) is 0 Å². The van der Waals surface area contributed by atoms with Gasteiger partial charge >= 0.3 is 0 Å². The first-order chi connectivity index (χ1) is 5.61. The highest BCUT2D eigenvalue weighted by Crippen LogP contribution is 2.26. The number of aliphatic hydroxyl groups is 1. The van der Waals surface area contributed by atoms with Crippen molar-refractivity contribution in [1.29, 1.82) is 0 Å². The van der Waals surface area contributed by atoms with Gasteiger partial charge in [0.25, 0.3) is 0 Å². The Morgan fingerprint density at radius 3 is 2.75 bits per heavy atom. The van der Waals surface area contributed by atoms with Gasteiger partial charge in [0.05, 0.1) is 0 Å². The van der Waals surface area contributed by atoms with Crippen molar-refractivity contribution in [3.63, 3.8) is 0 Å². The fourth-order valence-corrected chi connectivity index (χ4v) is 1.89. The molecule has 0 unspecified atom stereocenters. The molecule has 0 radical (unpaired) electrons. The molecule has 0 saturated heterocycles. The summed E-state index contributed by atoms with van der Waals surface area (Å²) in [7, 11) is 0. The molecule has 3 nitrogen and oxygen atoms in total. The Bertz CT molecular complexity index is 170. The van der Waals surface area contributed by atoms with E-state index >= 15 is 0 Å². The first-order valence-corrected chi connectivity index (χ1v) is 4.55. The molecule has 12 heavy (non-hydrogen) atoms. The van der Waals surface area contributed by atoms with Gasteiger partial charge < -0.3 is 10.8 Å². The van der Waals surface area contributed by atoms with E-state index in [4.69, 9.17) is 5.73 Å². The lowest BCUT2D eigenvalue weighted by atomic mass is 9.82. The van der Waals surface area contributed by atoms with Crippen LogP contribution in [-0.2, 0) is 4.79 Å². The number of aliphatic hydroxyl groups excluding tert-OH is 1. The third-order valence-corrected chi connectivity index (χ3v) is 2.62. The third-order valence-electron chi connectivity index (χ3n) is 2.62. The Hall–Kier alpha value is -0.410. The van der Waals surface area contributed by atoms with Crippen molar-refractivity contribution in [2.24, 2.45) is 11.7 Å². The summed E-state index contributed by atoms with van der Waals surface area (Å²) in [5.41, 5.74) is 5.74. The van der Waals surface area contributed by atoms with E-state index in [1.165, 1.54) is 6.92 Å². The molecule has 1 rings (SSSR count). The molecule has 0 amide bonds. The lowest BCUT2D eigenvalue weighted by Crippen LogP contribution is -2.36. The summed E-state index contributed by atoms with van der Waals surface area (Å²) < 4.78 is 0. The van der Waals surface area contributed by atoms with Gasteiger partial charge in [-0.25, -0.2) is 0 Å². The molecule has 0 aromatic rings. The quantitative estimate of drug-likeness (QED) is 0.634. The second kappa shape index (κ2) is 4.01. The van der Waals surface area contributed by atoms with Gasteiger partial charge in [0, 0.05) is 6.04 Å². The smallest absolute Gasteiger partial charge is 0.158 e. The highest BCUT2D eigenvalue weighted by molar-refractivity contribution is 5.80. The number of carbonyl (C=O) groups is 1. The summed E-state index contributed by atoms with van der Waals surface area (Å²) in [6.45, 7) is 1.44. The molecule has 3 heteroatoms. The third kappa shape index (κ3) is 2.29. The van der Waals surface area contributed by atoms with Gasteiger partial charge in [0.1, 0.15) is 6.10 Å². The molecular weight excluding hydrogens is 154 g/mol. The average molecular weight is 171 g/mol. The van der Waals surface area contributed by atoms with Crippen LogP contribution in [0.4, 0.5) is 0 Å². The van der Waals surface area contributed by atoms with E-state index in [0.717, 1.165) is 25.7 Å². The Morgan fingerprint density at radius 2 is 2.25 bits per heavy atom. The second-order valence-electron chi connectivity index (χ2n) is 3.74. The normalized spacial score (nSPS) is 32.9. The molecule has 1 aliphatic rings. The number of rotatable bonds is 2. The van der Waals surface area contributed by atoms with E-state index in [2.05, 4.69) is 0 Å². The van der Waals surface area contributed by atoms with Crippen molar-refractivity contribution in [3.05, 3.63) is 0 Å². The monoisotopic (exact) mass is 171 g/mol. The number of carbonyl (C=O) groups excluding carboxylic acids is 1. The van der Waals surface area contributed by atoms with Crippen molar-refractivity contribution < 1.29 is 9.90 Å². The molecule has 0 aromatic carbocycles. The van der Waals surface area contributed by atoms with E-state index in [1.54, 1.807) is 0 Å².